The number of hydrogen-bond donors (Lipinski definition) is 4. The van der Waals surface area contributed by atoms with Gasteiger partial charge in [-0.15, -0.1) is 0 Å². The SMILES string of the molecule is NCCCC[C@H](N)C(=O)NNC(=O)c1ccncc1. The van der Waals surface area contributed by atoms with E-state index in [-0.39, 0.29) is 0 Å². The van der Waals surface area contributed by atoms with Crippen LogP contribution < -0.4 is 22.3 Å². The maximum Gasteiger partial charge on any atom is 0.269 e. The summed E-state index contributed by atoms with van der Waals surface area (Å²) in [6, 6.07) is 2.44. The number of amides is 2. The number of nitrogens with one attached hydrogen (secondary N) is 2. The highest BCUT2D eigenvalue weighted by Crippen LogP contribution is 1.98. The summed E-state index contributed by atoms with van der Waals surface area (Å²) < 4.78 is 0. The molecule has 0 aromatic carbocycles. The Kier molecular flexibility index (Phi) is 6.48. The fraction of sp³-hybridized carbons (Fsp3) is 0.417. The van der Waals surface area contributed by atoms with E-state index in [9.17, 15) is 9.59 Å². The van der Waals surface area contributed by atoms with Crippen LogP contribution in [0.15, 0.2) is 24.5 Å². The number of carbonyl (C=O) groups excluding carboxylic acids is 2. The van der Waals surface area contributed by atoms with Gasteiger partial charge in [-0.05, 0) is 31.5 Å². The lowest BCUT2D eigenvalue weighted by atomic mass is 10.1. The van der Waals surface area contributed by atoms with Crippen molar-refractivity contribution in [2.75, 3.05) is 6.54 Å². The van der Waals surface area contributed by atoms with E-state index in [1.54, 1.807) is 12.1 Å². The monoisotopic (exact) mass is 265 g/mol. The Bertz CT molecular complexity index is 410. The standard InChI is InChI=1S/C12H19N5O2/c13-6-2-1-3-10(14)12(19)17-16-11(18)9-4-7-15-8-5-9/h4-5,7-8,10H,1-3,6,13-14H2,(H,16,18)(H,17,19)/t10-/m0/s1. The zero-order valence-corrected chi connectivity index (χ0v) is 10.6. The molecule has 1 atom stereocenters. The molecule has 0 saturated heterocycles. The molecule has 0 bridgehead atoms. The van der Waals surface area contributed by atoms with Crippen molar-refractivity contribution in [2.45, 2.75) is 25.3 Å². The molecule has 1 aromatic heterocycles. The lowest BCUT2D eigenvalue weighted by Crippen LogP contribution is -2.49. The number of pyridine rings is 1. The summed E-state index contributed by atoms with van der Waals surface area (Å²) in [5.41, 5.74) is 16.0. The Labute approximate surface area is 111 Å². The zero-order chi connectivity index (χ0) is 14.1. The van der Waals surface area contributed by atoms with Gasteiger partial charge in [0.1, 0.15) is 0 Å². The van der Waals surface area contributed by atoms with Crippen LogP contribution in [0.3, 0.4) is 0 Å². The highest BCUT2D eigenvalue weighted by Gasteiger charge is 2.13. The molecule has 0 aliphatic carbocycles. The Morgan fingerprint density at radius 1 is 1.21 bits per heavy atom. The molecular weight excluding hydrogens is 246 g/mol. The molecule has 1 heterocycles. The molecule has 6 N–H and O–H groups in total. The van der Waals surface area contributed by atoms with Crippen LogP contribution in [0.5, 0.6) is 0 Å². The molecule has 19 heavy (non-hydrogen) atoms. The van der Waals surface area contributed by atoms with Gasteiger partial charge in [0.25, 0.3) is 11.8 Å². The minimum Gasteiger partial charge on any atom is -0.330 e. The van der Waals surface area contributed by atoms with Crippen molar-refractivity contribution in [3.63, 3.8) is 0 Å². The second kappa shape index (κ2) is 8.17. The molecule has 7 nitrogen and oxygen atoms in total. The van der Waals surface area contributed by atoms with Crippen LogP contribution in [-0.2, 0) is 4.79 Å². The van der Waals surface area contributed by atoms with E-state index < -0.39 is 17.9 Å². The second-order valence-corrected chi connectivity index (χ2v) is 4.07. The molecule has 0 aliphatic heterocycles. The van der Waals surface area contributed by atoms with Gasteiger partial charge in [0, 0.05) is 18.0 Å². The van der Waals surface area contributed by atoms with Crippen molar-refractivity contribution in [1.29, 1.82) is 0 Å². The fourth-order valence-electron chi connectivity index (χ4n) is 1.43. The molecule has 2 amide bonds. The summed E-state index contributed by atoms with van der Waals surface area (Å²) >= 11 is 0. The highest BCUT2D eigenvalue weighted by molar-refractivity contribution is 5.95. The first kappa shape index (κ1) is 15.1. The average Bonchev–Trinajstić information content (AvgIpc) is 2.45. The van der Waals surface area contributed by atoms with Crippen molar-refractivity contribution < 1.29 is 9.59 Å². The van der Waals surface area contributed by atoms with Gasteiger partial charge in [0.15, 0.2) is 0 Å². The van der Waals surface area contributed by atoms with E-state index in [1.165, 1.54) is 12.4 Å². The zero-order valence-electron chi connectivity index (χ0n) is 10.6. The van der Waals surface area contributed by atoms with E-state index in [1.807, 2.05) is 0 Å². The Morgan fingerprint density at radius 3 is 2.53 bits per heavy atom. The van der Waals surface area contributed by atoms with E-state index in [0.717, 1.165) is 12.8 Å². The van der Waals surface area contributed by atoms with E-state index in [4.69, 9.17) is 11.5 Å². The first-order valence-corrected chi connectivity index (χ1v) is 6.11. The molecule has 1 rings (SSSR count). The number of unbranched alkanes of at least 4 members (excludes halogenated alkanes) is 1. The van der Waals surface area contributed by atoms with Gasteiger partial charge >= 0.3 is 0 Å². The maximum absolute atomic E-state index is 11.6. The average molecular weight is 265 g/mol. The minimum absolute atomic E-state index is 0.409. The molecule has 0 saturated carbocycles. The Balaban J connectivity index is 2.32. The first-order chi connectivity index (χ1) is 9.15. The summed E-state index contributed by atoms with van der Waals surface area (Å²) in [5.74, 6) is -0.829. The second-order valence-electron chi connectivity index (χ2n) is 4.07. The summed E-state index contributed by atoms with van der Waals surface area (Å²) in [6.45, 7) is 0.577. The van der Waals surface area contributed by atoms with Gasteiger partial charge in [-0.25, -0.2) is 0 Å². The van der Waals surface area contributed by atoms with Crippen LogP contribution in [0.4, 0.5) is 0 Å². The maximum atomic E-state index is 11.6. The lowest BCUT2D eigenvalue weighted by molar-refractivity contribution is -0.123. The van der Waals surface area contributed by atoms with Crippen LogP contribution >= 0.6 is 0 Å². The largest absolute Gasteiger partial charge is 0.330 e. The van der Waals surface area contributed by atoms with Crippen molar-refractivity contribution >= 4 is 11.8 Å². The highest BCUT2D eigenvalue weighted by atomic mass is 16.2. The number of aromatic nitrogens is 1. The molecule has 7 heteroatoms. The predicted molar refractivity (Wildman–Crippen MR) is 70.7 cm³/mol. The van der Waals surface area contributed by atoms with Crippen LogP contribution in [0, 0.1) is 0 Å². The number of nitrogens with two attached hydrogens (primary N) is 2. The van der Waals surface area contributed by atoms with Gasteiger partial charge in [-0.1, -0.05) is 6.42 Å². The molecule has 0 spiro atoms. The normalized spacial score (nSPS) is 11.7. The predicted octanol–water partition coefficient (Wildman–Crippen LogP) is -0.701. The molecule has 0 radical (unpaired) electrons. The third-order valence-corrected chi connectivity index (χ3v) is 2.55. The Hall–Kier alpha value is -1.99. The van der Waals surface area contributed by atoms with E-state index in [2.05, 4.69) is 15.8 Å². The van der Waals surface area contributed by atoms with Crippen molar-refractivity contribution in [3.8, 4) is 0 Å². The Morgan fingerprint density at radius 2 is 1.89 bits per heavy atom. The summed E-state index contributed by atoms with van der Waals surface area (Å²) in [5, 5.41) is 0. The van der Waals surface area contributed by atoms with E-state index in [0.29, 0.717) is 18.5 Å². The van der Waals surface area contributed by atoms with Crippen molar-refractivity contribution in [3.05, 3.63) is 30.1 Å². The number of hydrogen-bond acceptors (Lipinski definition) is 5. The van der Waals surface area contributed by atoms with Gasteiger partial charge in [0.05, 0.1) is 6.04 Å². The molecular formula is C12H19N5O2. The number of rotatable bonds is 6. The van der Waals surface area contributed by atoms with Gasteiger partial charge in [0.2, 0.25) is 0 Å². The fourth-order valence-corrected chi connectivity index (χ4v) is 1.43. The van der Waals surface area contributed by atoms with Gasteiger partial charge in [-0.2, -0.15) is 0 Å². The summed E-state index contributed by atoms with van der Waals surface area (Å²) in [6.07, 6.45) is 5.13. The molecule has 0 aliphatic rings. The van der Waals surface area contributed by atoms with Crippen LogP contribution in [0.2, 0.25) is 0 Å². The number of hydrazine groups is 1. The number of nitrogens with zero attached hydrogens (tertiary/aromatic N) is 1. The molecule has 0 unspecified atom stereocenters. The molecule has 104 valence electrons. The number of carbonyl (C=O) groups is 2. The summed E-state index contributed by atoms with van der Waals surface area (Å²) in [7, 11) is 0. The smallest absolute Gasteiger partial charge is 0.269 e. The topological polar surface area (TPSA) is 123 Å². The van der Waals surface area contributed by atoms with E-state index >= 15 is 0 Å². The molecule has 1 aromatic rings. The van der Waals surface area contributed by atoms with Crippen LogP contribution in [-0.4, -0.2) is 29.4 Å². The van der Waals surface area contributed by atoms with Gasteiger partial charge in [-0.3, -0.25) is 25.4 Å². The molecule has 0 fully saturated rings. The van der Waals surface area contributed by atoms with Crippen LogP contribution in [0.1, 0.15) is 29.6 Å². The third-order valence-electron chi connectivity index (χ3n) is 2.55. The lowest BCUT2D eigenvalue weighted by Gasteiger charge is -2.12. The van der Waals surface area contributed by atoms with Gasteiger partial charge < -0.3 is 11.5 Å². The first-order valence-electron chi connectivity index (χ1n) is 6.11. The van der Waals surface area contributed by atoms with Crippen molar-refractivity contribution in [1.82, 2.24) is 15.8 Å². The third kappa shape index (κ3) is 5.45. The quantitative estimate of drug-likeness (QED) is 0.400. The summed E-state index contributed by atoms with van der Waals surface area (Å²) in [4.78, 5) is 27.0. The van der Waals surface area contributed by atoms with Crippen molar-refractivity contribution in [2.24, 2.45) is 11.5 Å². The minimum atomic E-state index is -0.649. The van der Waals surface area contributed by atoms with Crippen LogP contribution in [0.25, 0.3) is 0 Å².